The summed E-state index contributed by atoms with van der Waals surface area (Å²) in [5.74, 6) is -0.227. The van der Waals surface area contributed by atoms with Gasteiger partial charge in [-0.3, -0.25) is 4.79 Å². The fraction of sp³-hybridized carbons (Fsp3) is 0.167. The molecule has 4 heteroatoms. The monoisotopic (exact) mass is 237 g/mol. The van der Waals surface area contributed by atoms with Gasteiger partial charge in [-0.05, 0) is 12.1 Å². The van der Waals surface area contributed by atoms with E-state index in [1.165, 1.54) is 4.90 Å². The number of benzene rings is 1. The molecule has 0 bridgehead atoms. The number of nitrogens with zero attached hydrogens (tertiary/aromatic N) is 1. The standard InChI is InChI=1S/C12H12ClNO2/c1-10(13)9-14(7-8-15)12(16)11-5-3-2-4-6-11/h2-6,8H,1,7,9H2. The molecule has 1 aromatic rings. The van der Waals surface area contributed by atoms with Gasteiger partial charge in [0, 0.05) is 10.6 Å². The number of hydrogen-bond donors (Lipinski definition) is 0. The van der Waals surface area contributed by atoms with Crippen molar-refractivity contribution in [1.82, 2.24) is 4.90 Å². The Bertz CT molecular complexity index is 389. The van der Waals surface area contributed by atoms with Crippen LogP contribution in [0.15, 0.2) is 41.9 Å². The fourth-order valence-electron chi connectivity index (χ4n) is 1.28. The van der Waals surface area contributed by atoms with Gasteiger partial charge < -0.3 is 9.69 Å². The Hall–Kier alpha value is -1.61. The molecule has 0 saturated carbocycles. The van der Waals surface area contributed by atoms with E-state index >= 15 is 0 Å². The van der Waals surface area contributed by atoms with Crippen molar-refractivity contribution < 1.29 is 9.59 Å². The summed E-state index contributed by atoms with van der Waals surface area (Å²) in [5.41, 5.74) is 0.530. The van der Waals surface area contributed by atoms with Gasteiger partial charge in [0.1, 0.15) is 6.29 Å². The second-order valence-corrected chi connectivity index (χ2v) is 3.77. The normalized spacial score (nSPS) is 9.56. The highest BCUT2D eigenvalue weighted by molar-refractivity contribution is 6.29. The lowest BCUT2D eigenvalue weighted by Gasteiger charge is -2.19. The lowest BCUT2D eigenvalue weighted by atomic mass is 10.2. The summed E-state index contributed by atoms with van der Waals surface area (Å²) in [4.78, 5) is 23.7. The summed E-state index contributed by atoms with van der Waals surface area (Å²) in [7, 11) is 0. The molecule has 3 nitrogen and oxygen atoms in total. The van der Waals surface area contributed by atoms with Crippen LogP contribution in [-0.4, -0.2) is 30.2 Å². The number of hydrogen-bond acceptors (Lipinski definition) is 2. The van der Waals surface area contributed by atoms with E-state index in [1.54, 1.807) is 24.3 Å². The summed E-state index contributed by atoms with van der Waals surface area (Å²) >= 11 is 5.64. The second-order valence-electron chi connectivity index (χ2n) is 3.24. The largest absolute Gasteiger partial charge is 0.326 e. The average molecular weight is 238 g/mol. The van der Waals surface area contributed by atoms with Crippen LogP contribution in [0.3, 0.4) is 0 Å². The molecule has 0 saturated heterocycles. The highest BCUT2D eigenvalue weighted by atomic mass is 35.5. The Balaban J connectivity index is 2.82. The molecule has 0 aliphatic carbocycles. The third-order valence-corrected chi connectivity index (χ3v) is 2.08. The van der Waals surface area contributed by atoms with Gasteiger partial charge in [-0.2, -0.15) is 0 Å². The maximum atomic E-state index is 11.9. The van der Waals surface area contributed by atoms with Crippen molar-refractivity contribution in [3.8, 4) is 0 Å². The Morgan fingerprint density at radius 2 is 2.00 bits per heavy atom. The van der Waals surface area contributed by atoms with Crippen LogP contribution < -0.4 is 0 Å². The third kappa shape index (κ3) is 3.51. The summed E-state index contributed by atoms with van der Waals surface area (Å²) in [6.45, 7) is 3.70. The summed E-state index contributed by atoms with van der Waals surface area (Å²) in [6.07, 6.45) is 0.667. The topological polar surface area (TPSA) is 37.4 Å². The lowest BCUT2D eigenvalue weighted by Crippen LogP contribution is -2.33. The first-order valence-electron chi connectivity index (χ1n) is 4.76. The maximum absolute atomic E-state index is 11.9. The van der Waals surface area contributed by atoms with Crippen LogP contribution in [-0.2, 0) is 4.79 Å². The van der Waals surface area contributed by atoms with Crippen LogP contribution >= 0.6 is 11.6 Å². The Kier molecular flexibility index (Phi) is 4.73. The van der Waals surface area contributed by atoms with Crippen molar-refractivity contribution in [2.45, 2.75) is 0 Å². The van der Waals surface area contributed by atoms with E-state index in [4.69, 9.17) is 11.6 Å². The predicted molar refractivity (Wildman–Crippen MR) is 63.4 cm³/mol. The smallest absolute Gasteiger partial charge is 0.254 e. The summed E-state index contributed by atoms with van der Waals surface area (Å²) in [5, 5.41) is 0.325. The molecule has 84 valence electrons. The Labute approximate surface area is 99.3 Å². The first-order valence-corrected chi connectivity index (χ1v) is 5.14. The van der Waals surface area contributed by atoms with E-state index in [9.17, 15) is 9.59 Å². The minimum Gasteiger partial charge on any atom is -0.326 e. The van der Waals surface area contributed by atoms with Crippen molar-refractivity contribution in [2.75, 3.05) is 13.1 Å². The molecule has 16 heavy (non-hydrogen) atoms. The molecule has 1 aromatic carbocycles. The van der Waals surface area contributed by atoms with E-state index in [0.717, 1.165) is 0 Å². The van der Waals surface area contributed by atoms with Crippen molar-refractivity contribution >= 4 is 23.8 Å². The molecule has 0 heterocycles. The molecule has 0 fully saturated rings. The number of halogens is 1. The molecule has 1 rings (SSSR count). The van der Waals surface area contributed by atoms with E-state index in [-0.39, 0.29) is 19.0 Å². The Morgan fingerprint density at radius 3 is 2.50 bits per heavy atom. The van der Waals surface area contributed by atoms with Gasteiger partial charge in [0.2, 0.25) is 0 Å². The zero-order valence-electron chi connectivity index (χ0n) is 8.73. The van der Waals surface area contributed by atoms with Gasteiger partial charge >= 0.3 is 0 Å². The molecule has 0 unspecified atom stereocenters. The molecular formula is C12H12ClNO2. The van der Waals surface area contributed by atoms with Gasteiger partial charge in [0.15, 0.2) is 0 Å². The van der Waals surface area contributed by atoms with Crippen molar-refractivity contribution in [2.24, 2.45) is 0 Å². The molecule has 1 amide bonds. The van der Waals surface area contributed by atoms with Crippen LogP contribution in [0.2, 0.25) is 0 Å². The zero-order valence-corrected chi connectivity index (χ0v) is 9.48. The van der Waals surface area contributed by atoms with Gasteiger partial charge in [0.25, 0.3) is 5.91 Å². The molecule has 0 aliphatic heterocycles. The molecule has 0 aromatic heterocycles. The number of amides is 1. The maximum Gasteiger partial charge on any atom is 0.254 e. The minimum absolute atomic E-state index is 0.0134. The van der Waals surface area contributed by atoms with Crippen LogP contribution in [0.5, 0.6) is 0 Å². The molecule has 0 radical (unpaired) electrons. The quantitative estimate of drug-likeness (QED) is 0.736. The summed E-state index contributed by atoms with van der Waals surface area (Å²) < 4.78 is 0. The minimum atomic E-state index is -0.227. The first kappa shape index (κ1) is 12.5. The lowest BCUT2D eigenvalue weighted by molar-refractivity contribution is -0.108. The van der Waals surface area contributed by atoms with E-state index in [2.05, 4.69) is 6.58 Å². The van der Waals surface area contributed by atoms with Crippen molar-refractivity contribution in [3.05, 3.63) is 47.5 Å². The molecule has 0 spiro atoms. The van der Waals surface area contributed by atoms with E-state index < -0.39 is 0 Å². The van der Waals surface area contributed by atoms with Gasteiger partial charge in [-0.15, -0.1) is 0 Å². The predicted octanol–water partition coefficient (Wildman–Crippen LogP) is 2.08. The Morgan fingerprint density at radius 1 is 1.38 bits per heavy atom. The molecule has 0 atom stereocenters. The molecular weight excluding hydrogens is 226 g/mol. The average Bonchev–Trinajstić information content (AvgIpc) is 2.28. The van der Waals surface area contributed by atoms with Crippen molar-refractivity contribution in [3.63, 3.8) is 0 Å². The van der Waals surface area contributed by atoms with E-state index in [1.807, 2.05) is 6.07 Å². The number of carbonyl (C=O) groups excluding carboxylic acids is 2. The highest BCUT2D eigenvalue weighted by Gasteiger charge is 2.14. The van der Waals surface area contributed by atoms with Crippen LogP contribution in [0.25, 0.3) is 0 Å². The molecule has 0 aliphatic rings. The third-order valence-electron chi connectivity index (χ3n) is 1.97. The van der Waals surface area contributed by atoms with Gasteiger partial charge in [-0.1, -0.05) is 36.4 Å². The van der Waals surface area contributed by atoms with Crippen LogP contribution in [0, 0.1) is 0 Å². The zero-order chi connectivity index (χ0) is 12.0. The van der Waals surface area contributed by atoms with Gasteiger partial charge in [0.05, 0.1) is 13.1 Å². The number of carbonyl (C=O) groups is 2. The van der Waals surface area contributed by atoms with E-state index in [0.29, 0.717) is 16.9 Å². The van der Waals surface area contributed by atoms with Gasteiger partial charge in [-0.25, -0.2) is 0 Å². The van der Waals surface area contributed by atoms with Crippen molar-refractivity contribution in [1.29, 1.82) is 0 Å². The highest BCUT2D eigenvalue weighted by Crippen LogP contribution is 2.07. The molecule has 0 N–H and O–H groups in total. The number of aldehydes is 1. The first-order chi connectivity index (χ1) is 7.65. The second kappa shape index (κ2) is 6.08. The summed E-state index contributed by atoms with van der Waals surface area (Å²) in [6, 6.07) is 8.74. The fourth-order valence-corrected chi connectivity index (χ4v) is 1.42. The van der Waals surface area contributed by atoms with Crippen LogP contribution in [0.4, 0.5) is 0 Å². The SMILES string of the molecule is C=C(Cl)CN(CC=O)C(=O)c1ccccc1. The van der Waals surface area contributed by atoms with Crippen LogP contribution in [0.1, 0.15) is 10.4 Å². The number of rotatable bonds is 5.